The van der Waals surface area contributed by atoms with E-state index < -0.39 is 0 Å². The van der Waals surface area contributed by atoms with Crippen LogP contribution in [0.25, 0.3) is 0 Å². The molecule has 0 aliphatic carbocycles. The molecule has 0 spiro atoms. The summed E-state index contributed by atoms with van der Waals surface area (Å²) >= 11 is 6.08. The average molecular weight is 213 g/mol. The highest BCUT2D eigenvalue weighted by Crippen LogP contribution is 2.28. The predicted octanol–water partition coefficient (Wildman–Crippen LogP) is 2.68. The topological polar surface area (TPSA) is 52.1 Å². The second-order valence-corrected chi connectivity index (χ2v) is 3.53. The number of aryl methyl sites for hydroxylation is 1. The van der Waals surface area contributed by atoms with Gasteiger partial charge in [-0.25, -0.2) is 9.97 Å². The van der Waals surface area contributed by atoms with Crippen LogP contribution in [0, 0.1) is 6.92 Å². The maximum Gasteiger partial charge on any atom is 0.266 e. The van der Waals surface area contributed by atoms with E-state index in [-0.39, 0.29) is 0 Å². The number of rotatable bonds is 2. The first-order chi connectivity index (χ1) is 6.25. The van der Waals surface area contributed by atoms with Gasteiger partial charge in [0.2, 0.25) is 5.09 Å². The minimum absolute atomic E-state index is 0.411. The van der Waals surface area contributed by atoms with Crippen molar-refractivity contribution in [3.8, 4) is 0 Å². The Hall–Kier alpha value is -1.01. The Bertz CT molecular complexity index is 377. The summed E-state index contributed by atoms with van der Waals surface area (Å²) in [5, 5.41) is 1.37. The molecule has 1 radical (unpaired) electrons. The van der Waals surface area contributed by atoms with Crippen LogP contribution in [0.3, 0.4) is 0 Å². The Morgan fingerprint density at radius 2 is 2.31 bits per heavy atom. The van der Waals surface area contributed by atoms with Crippen molar-refractivity contribution in [1.82, 2.24) is 9.97 Å². The lowest BCUT2D eigenvalue weighted by molar-refractivity contribution is 0.379. The molecular weight excluding hydrogens is 208 g/mol. The zero-order valence-electron chi connectivity index (χ0n) is 6.68. The van der Waals surface area contributed by atoms with Crippen molar-refractivity contribution in [2.24, 2.45) is 0 Å². The first kappa shape index (κ1) is 8.58. The maximum atomic E-state index is 5.15. The number of hydrogen-bond donors (Lipinski definition) is 0. The van der Waals surface area contributed by atoms with Gasteiger partial charge in [0.1, 0.15) is 6.26 Å². The van der Waals surface area contributed by atoms with Gasteiger partial charge in [-0.1, -0.05) is 0 Å². The highest BCUT2D eigenvalue weighted by Gasteiger charge is 2.10. The number of aromatic nitrogens is 2. The molecule has 4 nitrogen and oxygen atoms in total. The molecule has 0 aliphatic rings. The zero-order chi connectivity index (χ0) is 9.26. The van der Waals surface area contributed by atoms with Gasteiger partial charge in [-0.05, 0) is 19.6 Å². The molecule has 13 heavy (non-hydrogen) atoms. The fourth-order valence-corrected chi connectivity index (χ4v) is 1.59. The Balaban J connectivity index is 2.19. The fraction of sp³-hybridized carbons (Fsp3) is 0.143. The standard InChI is InChI=1S/C7H5N2O2S2/c1-4-5(12)11-7(9-4)13-6-8-2-3-10-6/h2-3H,1H3. The lowest BCUT2D eigenvalue weighted by Gasteiger charge is -1.86. The third kappa shape index (κ3) is 1.84. The van der Waals surface area contributed by atoms with Crippen molar-refractivity contribution < 1.29 is 8.83 Å². The van der Waals surface area contributed by atoms with Crippen LogP contribution < -0.4 is 0 Å². The summed E-state index contributed by atoms with van der Waals surface area (Å²) in [5.41, 5.74) is 0.712. The predicted molar refractivity (Wildman–Crippen MR) is 47.7 cm³/mol. The van der Waals surface area contributed by atoms with Crippen LogP contribution in [-0.2, 0) is 0 Å². The number of oxazole rings is 2. The first-order valence-electron chi connectivity index (χ1n) is 3.47. The van der Waals surface area contributed by atoms with Crippen LogP contribution in [0.15, 0.2) is 36.8 Å². The van der Waals surface area contributed by atoms with Crippen LogP contribution in [0.4, 0.5) is 0 Å². The van der Waals surface area contributed by atoms with Crippen LogP contribution in [0.5, 0.6) is 0 Å². The van der Waals surface area contributed by atoms with E-state index >= 15 is 0 Å². The molecule has 2 aromatic heterocycles. The van der Waals surface area contributed by atoms with Crippen LogP contribution in [-0.4, -0.2) is 9.97 Å². The smallest absolute Gasteiger partial charge is 0.266 e. The summed E-state index contributed by atoms with van der Waals surface area (Å²) in [6.07, 6.45) is 3.06. The summed E-state index contributed by atoms with van der Waals surface area (Å²) in [6.45, 7) is 1.80. The molecule has 0 unspecified atom stereocenters. The van der Waals surface area contributed by atoms with Crippen molar-refractivity contribution in [2.75, 3.05) is 0 Å². The van der Waals surface area contributed by atoms with Crippen molar-refractivity contribution in [3.05, 3.63) is 18.2 Å². The Morgan fingerprint density at radius 1 is 1.46 bits per heavy atom. The molecule has 0 aliphatic heterocycles. The highest BCUT2D eigenvalue weighted by molar-refractivity contribution is 7.98. The summed E-state index contributed by atoms with van der Waals surface area (Å²) in [5.74, 6) is 0. The van der Waals surface area contributed by atoms with E-state index in [4.69, 9.17) is 21.5 Å². The van der Waals surface area contributed by atoms with Gasteiger partial charge in [0.15, 0.2) is 0 Å². The van der Waals surface area contributed by atoms with Gasteiger partial charge in [-0.3, -0.25) is 0 Å². The molecule has 0 amide bonds. The van der Waals surface area contributed by atoms with Crippen LogP contribution in [0.2, 0.25) is 0 Å². The lowest BCUT2D eigenvalue weighted by Crippen LogP contribution is -1.72. The van der Waals surface area contributed by atoms with Crippen molar-refractivity contribution in [3.63, 3.8) is 0 Å². The fourth-order valence-electron chi connectivity index (χ4n) is 0.738. The summed E-state index contributed by atoms with van der Waals surface area (Å²) in [7, 11) is 0. The normalized spacial score (nSPS) is 10.5. The van der Waals surface area contributed by atoms with Crippen molar-refractivity contribution >= 4 is 24.4 Å². The summed E-state index contributed by atoms with van der Waals surface area (Å²) < 4.78 is 10.2. The third-order valence-corrected chi connectivity index (χ3v) is 2.42. The van der Waals surface area contributed by atoms with E-state index in [0.29, 0.717) is 21.2 Å². The minimum Gasteiger partial charge on any atom is -0.440 e. The molecule has 0 saturated carbocycles. The molecule has 2 aromatic rings. The zero-order valence-corrected chi connectivity index (χ0v) is 8.32. The van der Waals surface area contributed by atoms with Crippen LogP contribution >= 0.6 is 24.4 Å². The second-order valence-electron chi connectivity index (χ2n) is 2.25. The van der Waals surface area contributed by atoms with E-state index in [9.17, 15) is 0 Å². The molecule has 0 saturated heterocycles. The summed E-state index contributed by atoms with van der Waals surface area (Å²) in [4.78, 5) is 7.99. The van der Waals surface area contributed by atoms with Gasteiger partial charge in [0.05, 0.1) is 11.9 Å². The molecule has 0 bridgehead atoms. The van der Waals surface area contributed by atoms with Gasteiger partial charge in [-0.2, -0.15) is 0 Å². The second kappa shape index (κ2) is 3.39. The molecule has 6 heteroatoms. The Labute approximate surface area is 84.2 Å². The first-order valence-corrected chi connectivity index (χ1v) is 4.70. The molecule has 0 atom stereocenters. The van der Waals surface area contributed by atoms with Gasteiger partial charge in [-0.15, -0.1) is 0 Å². The molecule has 0 aromatic carbocycles. The quantitative estimate of drug-likeness (QED) is 0.767. The van der Waals surface area contributed by atoms with E-state index in [1.165, 1.54) is 18.0 Å². The molecular formula is C7H5N2O2S2. The molecule has 0 fully saturated rings. The van der Waals surface area contributed by atoms with Gasteiger partial charge in [0, 0.05) is 11.8 Å². The van der Waals surface area contributed by atoms with Gasteiger partial charge in [0.25, 0.3) is 10.4 Å². The van der Waals surface area contributed by atoms with E-state index in [1.807, 2.05) is 0 Å². The van der Waals surface area contributed by atoms with Crippen molar-refractivity contribution in [2.45, 2.75) is 22.5 Å². The van der Waals surface area contributed by atoms with Crippen molar-refractivity contribution in [1.29, 1.82) is 0 Å². The molecule has 0 N–H and O–H groups in total. The Morgan fingerprint density at radius 3 is 2.85 bits per heavy atom. The van der Waals surface area contributed by atoms with Gasteiger partial charge >= 0.3 is 0 Å². The Kier molecular flexibility index (Phi) is 2.24. The average Bonchev–Trinajstić information content (AvgIpc) is 2.64. The van der Waals surface area contributed by atoms with Crippen LogP contribution in [0.1, 0.15) is 5.69 Å². The monoisotopic (exact) mass is 213 g/mol. The van der Waals surface area contributed by atoms with Gasteiger partial charge < -0.3 is 8.83 Å². The van der Waals surface area contributed by atoms with E-state index in [2.05, 4.69) is 9.97 Å². The van der Waals surface area contributed by atoms with E-state index in [0.717, 1.165) is 0 Å². The lowest BCUT2D eigenvalue weighted by atomic mass is 10.6. The van der Waals surface area contributed by atoms with E-state index in [1.54, 1.807) is 13.1 Å². The highest BCUT2D eigenvalue weighted by atomic mass is 32.2. The summed E-state index contributed by atoms with van der Waals surface area (Å²) in [6, 6.07) is 0. The minimum atomic E-state index is 0.411. The molecule has 2 heterocycles. The maximum absolute atomic E-state index is 5.15. The molecule has 2 rings (SSSR count). The third-order valence-electron chi connectivity index (χ3n) is 1.32. The SMILES string of the molecule is Cc1nc(Sc2ncco2)oc1[S]. The molecule has 67 valence electrons. The largest absolute Gasteiger partial charge is 0.440 e. The number of nitrogens with zero attached hydrogens (tertiary/aromatic N) is 2. The number of hydrogen-bond acceptors (Lipinski definition) is 5.